The molecule has 0 radical (unpaired) electrons. The third kappa shape index (κ3) is 6.37. The fourth-order valence-corrected chi connectivity index (χ4v) is 3.31. The molecule has 0 spiro atoms. The van der Waals surface area contributed by atoms with Gasteiger partial charge in [-0.05, 0) is 40.6 Å². The predicted molar refractivity (Wildman–Crippen MR) is 109 cm³/mol. The number of benzene rings is 2. The van der Waals surface area contributed by atoms with Gasteiger partial charge in [0.25, 0.3) is 11.7 Å². The van der Waals surface area contributed by atoms with Gasteiger partial charge in [0.1, 0.15) is 5.03 Å². The second-order valence-electron chi connectivity index (χ2n) is 6.16. The largest absolute Gasteiger partial charge is 0.372 e. The van der Waals surface area contributed by atoms with Crippen molar-refractivity contribution in [2.75, 3.05) is 0 Å². The van der Waals surface area contributed by atoms with Crippen molar-refractivity contribution >= 4 is 17.7 Å². The predicted octanol–water partition coefficient (Wildman–Crippen LogP) is 5.04. The van der Waals surface area contributed by atoms with E-state index in [4.69, 9.17) is 4.74 Å². The van der Waals surface area contributed by atoms with Crippen molar-refractivity contribution in [3.63, 3.8) is 0 Å². The van der Waals surface area contributed by atoms with Crippen LogP contribution in [0.5, 0.6) is 0 Å². The summed E-state index contributed by atoms with van der Waals surface area (Å²) < 4.78 is 31.2. The van der Waals surface area contributed by atoms with Gasteiger partial charge in [0, 0.05) is 12.7 Å². The molecule has 7 heteroatoms. The quantitative estimate of drug-likeness (QED) is 0.498. The van der Waals surface area contributed by atoms with Crippen molar-refractivity contribution in [3.8, 4) is 0 Å². The van der Waals surface area contributed by atoms with Crippen molar-refractivity contribution < 1.29 is 18.3 Å². The summed E-state index contributed by atoms with van der Waals surface area (Å²) in [6, 6.07) is 20.5. The number of nitrogens with one attached hydrogen (secondary N) is 1. The van der Waals surface area contributed by atoms with Gasteiger partial charge in [0.15, 0.2) is 0 Å². The van der Waals surface area contributed by atoms with Crippen molar-refractivity contribution in [1.29, 1.82) is 0 Å². The number of hydrogen-bond acceptors (Lipinski definition) is 4. The van der Waals surface area contributed by atoms with E-state index in [1.807, 2.05) is 54.6 Å². The molecule has 3 aromatic rings. The summed E-state index contributed by atoms with van der Waals surface area (Å²) in [5.74, 6) is -3.08. The summed E-state index contributed by atoms with van der Waals surface area (Å²) in [6.45, 7) is 1.16. The summed E-state index contributed by atoms with van der Waals surface area (Å²) >= 11 is 0.262. The lowest BCUT2D eigenvalue weighted by molar-refractivity contribution is 0.0944. The van der Waals surface area contributed by atoms with Gasteiger partial charge in [-0.1, -0.05) is 54.6 Å². The smallest absolute Gasteiger partial charge is 0.290 e. The Labute approximate surface area is 172 Å². The fraction of sp³-hybridized carbons (Fsp3) is 0.182. The number of carbonyl (C=O) groups is 1. The second-order valence-corrected chi connectivity index (χ2v) is 7.14. The van der Waals surface area contributed by atoms with Crippen LogP contribution in [0, 0.1) is 0 Å². The fourth-order valence-electron chi connectivity index (χ4n) is 2.74. The van der Waals surface area contributed by atoms with Crippen molar-refractivity contribution in [2.24, 2.45) is 0 Å². The minimum absolute atomic E-state index is 0.0134. The Morgan fingerprint density at radius 3 is 2.45 bits per heavy atom. The summed E-state index contributed by atoms with van der Waals surface area (Å²) in [6.07, 6.45) is 1.39. The van der Waals surface area contributed by atoms with Gasteiger partial charge in [-0.3, -0.25) is 4.79 Å². The molecule has 2 aromatic carbocycles. The lowest BCUT2D eigenvalue weighted by atomic mass is 10.1. The van der Waals surface area contributed by atoms with E-state index in [1.54, 1.807) is 6.07 Å². The van der Waals surface area contributed by atoms with Crippen LogP contribution in [-0.4, -0.2) is 16.6 Å². The molecule has 0 unspecified atom stereocenters. The number of alkyl halides is 2. The Hall–Kier alpha value is -2.77. The second kappa shape index (κ2) is 10.7. The van der Waals surface area contributed by atoms with E-state index in [2.05, 4.69) is 10.3 Å². The zero-order valence-corrected chi connectivity index (χ0v) is 16.4. The van der Waals surface area contributed by atoms with Crippen LogP contribution >= 0.6 is 11.8 Å². The van der Waals surface area contributed by atoms with Crippen molar-refractivity contribution in [2.45, 2.75) is 30.5 Å². The monoisotopic (exact) mass is 414 g/mol. The Balaban J connectivity index is 1.60. The number of carbonyl (C=O) groups excluding carboxylic acids is 1. The van der Waals surface area contributed by atoms with Crippen LogP contribution in [0.4, 0.5) is 8.78 Å². The number of halogens is 2. The molecule has 1 amide bonds. The molecule has 0 aliphatic carbocycles. The number of pyridine rings is 1. The molecule has 29 heavy (non-hydrogen) atoms. The van der Waals surface area contributed by atoms with Gasteiger partial charge in [0.05, 0.1) is 18.8 Å². The highest BCUT2D eigenvalue weighted by molar-refractivity contribution is 7.99. The highest BCUT2D eigenvalue weighted by atomic mass is 32.2. The van der Waals surface area contributed by atoms with Crippen LogP contribution < -0.4 is 5.32 Å². The van der Waals surface area contributed by atoms with Gasteiger partial charge >= 0.3 is 0 Å². The number of ether oxygens (including phenoxy) is 1. The third-order valence-corrected chi connectivity index (χ3v) is 4.87. The Kier molecular flexibility index (Phi) is 7.72. The molecule has 0 aliphatic heterocycles. The van der Waals surface area contributed by atoms with Crippen LogP contribution in [0.25, 0.3) is 0 Å². The Morgan fingerprint density at radius 1 is 0.966 bits per heavy atom. The minimum atomic E-state index is -2.64. The maximum Gasteiger partial charge on any atom is 0.290 e. The lowest BCUT2D eigenvalue weighted by Crippen LogP contribution is -2.24. The standard InChI is InChI=1S/C22H20F2N2O2S/c23-22(24)29-21-19(11-6-12-25-21)20(27)26-13-17-9-4-5-10-18(17)15-28-14-16-7-2-1-3-8-16/h1-12,22H,13-15H2,(H,26,27). The number of aromatic nitrogens is 1. The number of rotatable bonds is 9. The highest BCUT2D eigenvalue weighted by Gasteiger charge is 2.16. The molecule has 0 bridgehead atoms. The average Bonchev–Trinajstić information content (AvgIpc) is 2.73. The Bertz CT molecular complexity index is 939. The summed E-state index contributed by atoms with van der Waals surface area (Å²) in [4.78, 5) is 16.4. The maximum atomic E-state index is 12.7. The first kappa shape index (κ1) is 21.0. The molecule has 0 fully saturated rings. The first-order valence-electron chi connectivity index (χ1n) is 9.00. The molecule has 0 saturated heterocycles. The summed E-state index contributed by atoms with van der Waals surface area (Å²) in [5, 5.41) is 2.80. The molecule has 4 nitrogen and oxygen atoms in total. The third-order valence-electron chi connectivity index (χ3n) is 4.14. The van der Waals surface area contributed by atoms with Gasteiger partial charge in [-0.15, -0.1) is 0 Å². The van der Waals surface area contributed by atoms with E-state index in [9.17, 15) is 13.6 Å². The molecule has 1 aromatic heterocycles. The zero-order valence-electron chi connectivity index (χ0n) is 15.6. The van der Waals surface area contributed by atoms with Crippen LogP contribution in [0.15, 0.2) is 78.0 Å². The molecular formula is C22H20F2N2O2S. The average molecular weight is 414 g/mol. The van der Waals surface area contributed by atoms with Crippen LogP contribution in [0.2, 0.25) is 0 Å². The number of hydrogen-bond donors (Lipinski definition) is 1. The normalized spacial score (nSPS) is 10.9. The molecule has 1 heterocycles. The number of amides is 1. The zero-order chi connectivity index (χ0) is 20.5. The van der Waals surface area contributed by atoms with E-state index in [1.165, 1.54) is 12.3 Å². The van der Waals surface area contributed by atoms with Gasteiger partial charge in [0.2, 0.25) is 0 Å². The van der Waals surface area contributed by atoms with E-state index in [-0.39, 0.29) is 28.9 Å². The molecule has 3 rings (SSSR count). The molecule has 1 N–H and O–H groups in total. The lowest BCUT2D eigenvalue weighted by Gasteiger charge is -2.12. The molecule has 150 valence electrons. The summed E-state index contributed by atoms with van der Waals surface area (Å²) in [7, 11) is 0. The van der Waals surface area contributed by atoms with E-state index >= 15 is 0 Å². The van der Waals surface area contributed by atoms with E-state index in [0.29, 0.717) is 13.2 Å². The van der Waals surface area contributed by atoms with E-state index < -0.39 is 11.7 Å². The molecular weight excluding hydrogens is 394 g/mol. The first-order chi connectivity index (χ1) is 14.1. The van der Waals surface area contributed by atoms with Crippen LogP contribution in [-0.2, 0) is 24.5 Å². The summed E-state index contributed by atoms with van der Waals surface area (Å²) in [5.41, 5.74) is 3.08. The SMILES string of the molecule is O=C(NCc1ccccc1COCc1ccccc1)c1cccnc1SC(F)F. The topological polar surface area (TPSA) is 51.2 Å². The Morgan fingerprint density at radius 2 is 1.69 bits per heavy atom. The first-order valence-corrected chi connectivity index (χ1v) is 9.88. The van der Waals surface area contributed by atoms with Crippen molar-refractivity contribution in [3.05, 3.63) is 95.2 Å². The highest BCUT2D eigenvalue weighted by Crippen LogP contribution is 2.26. The van der Waals surface area contributed by atoms with E-state index in [0.717, 1.165) is 16.7 Å². The van der Waals surface area contributed by atoms with Gasteiger partial charge < -0.3 is 10.1 Å². The molecule has 0 saturated carbocycles. The van der Waals surface area contributed by atoms with Crippen LogP contribution in [0.1, 0.15) is 27.0 Å². The number of thioether (sulfide) groups is 1. The maximum absolute atomic E-state index is 12.7. The minimum Gasteiger partial charge on any atom is -0.372 e. The van der Waals surface area contributed by atoms with Crippen molar-refractivity contribution in [1.82, 2.24) is 10.3 Å². The van der Waals surface area contributed by atoms with Gasteiger partial charge in [-0.25, -0.2) is 4.98 Å². The number of nitrogens with zero attached hydrogens (tertiary/aromatic N) is 1. The van der Waals surface area contributed by atoms with Gasteiger partial charge in [-0.2, -0.15) is 8.78 Å². The van der Waals surface area contributed by atoms with Crippen LogP contribution in [0.3, 0.4) is 0 Å². The molecule has 0 atom stereocenters. The molecule has 0 aliphatic rings.